The van der Waals surface area contributed by atoms with Crippen molar-refractivity contribution >= 4 is 12.1 Å². The Labute approximate surface area is 147 Å². The lowest BCUT2D eigenvalue weighted by molar-refractivity contribution is -0.420. The number of hydrogen-bond acceptors (Lipinski definition) is 6. The topological polar surface area (TPSA) is 106 Å². The minimum Gasteiger partial charge on any atom is -0.469 e. The highest BCUT2D eigenvalue weighted by molar-refractivity contribution is 5.78. The lowest BCUT2D eigenvalue weighted by Crippen LogP contribution is -2.20. The number of rotatable bonds is 10. The Balaban J connectivity index is 4.90. The van der Waals surface area contributed by atoms with E-state index in [4.69, 9.17) is 4.74 Å². The normalized spacial score (nSPS) is 13.6. The predicted molar refractivity (Wildman–Crippen MR) is 97.9 cm³/mol. The second-order valence-electron chi connectivity index (χ2n) is 4.57. The number of aliphatic imine (C=N–C) groups is 1. The third-order valence-corrected chi connectivity index (χ3v) is 2.78. The van der Waals surface area contributed by atoms with Crippen molar-refractivity contribution in [2.45, 2.75) is 27.2 Å². The Morgan fingerprint density at radius 1 is 1.44 bits per heavy atom. The third-order valence-electron chi connectivity index (χ3n) is 2.78. The van der Waals surface area contributed by atoms with E-state index in [0.29, 0.717) is 18.0 Å². The summed E-state index contributed by atoms with van der Waals surface area (Å²) in [5.74, 6) is 0.606. The number of likely N-dealkylation sites (N-methyl/N-ethyl adjacent to an activating group) is 1. The van der Waals surface area contributed by atoms with Gasteiger partial charge < -0.3 is 15.4 Å². The molecule has 0 aromatic rings. The van der Waals surface area contributed by atoms with Crippen molar-refractivity contribution in [2.24, 2.45) is 4.99 Å². The Hall–Kier alpha value is -3.16. The average molecular weight is 348 g/mol. The molecule has 2 N–H and O–H groups in total. The number of nitro groups is 1. The highest BCUT2D eigenvalue weighted by atomic mass is 16.6. The summed E-state index contributed by atoms with van der Waals surface area (Å²) in [5.41, 5.74) is 0.124. The van der Waals surface area contributed by atoms with Crippen molar-refractivity contribution in [3.63, 3.8) is 0 Å². The molecule has 0 bridgehead atoms. The van der Waals surface area contributed by atoms with Crippen LogP contribution in [-0.4, -0.2) is 24.1 Å². The van der Waals surface area contributed by atoms with E-state index in [-0.39, 0.29) is 17.3 Å². The van der Waals surface area contributed by atoms with Crippen molar-refractivity contribution < 1.29 is 14.5 Å². The van der Waals surface area contributed by atoms with Gasteiger partial charge in [0.2, 0.25) is 5.91 Å². The van der Waals surface area contributed by atoms with Crippen LogP contribution in [0.25, 0.3) is 0 Å². The number of hydrogen-bond donors (Lipinski definition) is 2. The van der Waals surface area contributed by atoms with E-state index in [1.54, 1.807) is 33.9 Å². The summed E-state index contributed by atoms with van der Waals surface area (Å²) >= 11 is 0. The van der Waals surface area contributed by atoms with Crippen LogP contribution in [0.1, 0.15) is 27.2 Å². The maximum atomic E-state index is 11.3. The van der Waals surface area contributed by atoms with E-state index in [9.17, 15) is 14.9 Å². The molecule has 0 saturated carbocycles. The van der Waals surface area contributed by atoms with Gasteiger partial charge in [0.15, 0.2) is 0 Å². The van der Waals surface area contributed by atoms with E-state index in [0.717, 1.165) is 0 Å². The van der Waals surface area contributed by atoms with Crippen molar-refractivity contribution in [3.05, 3.63) is 70.2 Å². The third kappa shape index (κ3) is 8.89. The molecule has 0 unspecified atom stereocenters. The van der Waals surface area contributed by atoms with Crippen LogP contribution in [-0.2, 0) is 9.53 Å². The number of amides is 1. The van der Waals surface area contributed by atoms with Gasteiger partial charge in [-0.15, -0.1) is 0 Å². The summed E-state index contributed by atoms with van der Waals surface area (Å²) in [6.45, 7) is 8.60. The van der Waals surface area contributed by atoms with E-state index in [2.05, 4.69) is 22.2 Å². The highest BCUT2D eigenvalue weighted by Gasteiger charge is 2.13. The lowest BCUT2D eigenvalue weighted by Gasteiger charge is -2.03. The van der Waals surface area contributed by atoms with Crippen LogP contribution in [0.5, 0.6) is 0 Å². The molecule has 0 heterocycles. The second-order valence-corrected chi connectivity index (χ2v) is 4.57. The Kier molecular flexibility index (Phi) is 10.7. The van der Waals surface area contributed by atoms with E-state index in [1.165, 1.54) is 30.7 Å². The number of carbonyl (C=O) groups excluding carboxylic acids is 1. The Morgan fingerprint density at radius 2 is 2.12 bits per heavy atom. The number of carbonyl (C=O) groups is 1. The van der Waals surface area contributed by atoms with Gasteiger partial charge in [0.1, 0.15) is 17.3 Å². The SMILES string of the molecule is C=C/C(NC)=C(\C=C(/C)O/C=C/C=N\C(=C/C)NC(=O)CC)[N+](=O)[O-]. The molecule has 25 heavy (non-hydrogen) atoms. The second kappa shape index (κ2) is 12.3. The highest BCUT2D eigenvalue weighted by Crippen LogP contribution is 2.09. The smallest absolute Gasteiger partial charge is 0.295 e. The van der Waals surface area contributed by atoms with Crippen molar-refractivity contribution in [1.82, 2.24) is 10.6 Å². The van der Waals surface area contributed by atoms with Crippen LogP contribution in [0.3, 0.4) is 0 Å². The number of allylic oxidation sites excluding steroid dienone is 5. The minimum atomic E-state index is -0.528. The van der Waals surface area contributed by atoms with E-state index < -0.39 is 4.92 Å². The monoisotopic (exact) mass is 348 g/mol. The standard InChI is InChI=1S/C17H24N4O4/c1-6-14(18-5)15(21(23)24)12-13(4)25-11-9-10-19-16(7-2)20-17(22)8-3/h6-7,9-12,18H,1,8H2,2-5H3,(H,20,22)/b11-9+,13-12+,15-14-,16-7+,19-10-. The predicted octanol–water partition coefficient (Wildman–Crippen LogP) is 2.77. The van der Waals surface area contributed by atoms with Gasteiger partial charge in [0, 0.05) is 19.7 Å². The molecular weight excluding hydrogens is 324 g/mol. The molecule has 0 aromatic carbocycles. The molecule has 8 heteroatoms. The summed E-state index contributed by atoms with van der Waals surface area (Å²) < 4.78 is 5.26. The summed E-state index contributed by atoms with van der Waals surface area (Å²) in [5, 5.41) is 16.4. The van der Waals surface area contributed by atoms with Crippen LogP contribution in [0.2, 0.25) is 0 Å². The van der Waals surface area contributed by atoms with Gasteiger partial charge >= 0.3 is 0 Å². The fraction of sp³-hybridized carbons (Fsp3) is 0.294. The first kappa shape index (κ1) is 21.8. The number of ether oxygens (including phenoxy) is 1. The molecule has 0 spiro atoms. The molecule has 0 aliphatic carbocycles. The fourth-order valence-electron chi connectivity index (χ4n) is 1.51. The van der Waals surface area contributed by atoms with Crippen LogP contribution in [0.15, 0.2) is 65.1 Å². The van der Waals surface area contributed by atoms with Crippen LogP contribution < -0.4 is 10.6 Å². The van der Waals surface area contributed by atoms with E-state index in [1.807, 2.05) is 0 Å². The first-order valence-corrected chi connectivity index (χ1v) is 7.58. The molecule has 0 saturated heterocycles. The van der Waals surface area contributed by atoms with Gasteiger partial charge in [-0.2, -0.15) is 0 Å². The largest absolute Gasteiger partial charge is 0.469 e. The number of nitrogens with one attached hydrogen (secondary N) is 2. The minimum absolute atomic E-state index is 0.133. The van der Waals surface area contributed by atoms with Gasteiger partial charge in [-0.1, -0.05) is 13.5 Å². The average Bonchev–Trinajstić information content (AvgIpc) is 2.59. The van der Waals surface area contributed by atoms with Gasteiger partial charge in [-0.25, -0.2) is 4.99 Å². The molecular formula is C17H24N4O4. The molecule has 0 atom stereocenters. The maximum Gasteiger partial charge on any atom is 0.295 e. The Bertz CT molecular complexity index is 643. The van der Waals surface area contributed by atoms with Crippen LogP contribution in [0.4, 0.5) is 0 Å². The first-order valence-electron chi connectivity index (χ1n) is 7.58. The van der Waals surface area contributed by atoms with Gasteiger partial charge in [-0.05, 0) is 32.1 Å². The summed E-state index contributed by atoms with van der Waals surface area (Å²) in [7, 11) is 1.57. The first-order chi connectivity index (χ1) is 11.9. The summed E-state index contributed by atoms with van der Waals surface area (Å²) in [6.07, 6.45) is 8.93. The number of nitrogens with zero attached hydrogens (tertiary/aromatic N) is 2. The molecule has 1 amide bonds. The van der Waals surface area contributed by atoms with Crippen molar-refractivity contribution in [2.75, 3.05) is 7.05 Å². The Morgan fingerprint density at radius 3 is 2.60 bits per heavy atom. The molecule has 0 aromatic heterocycles. The van der Waals surface area contributed by atoms with Crippen LogP contribution >= 0.6 is 0 Å². The lowest BCUT2D eigenvalue weighted by atomic mass is 10.3. The van der Waals surface area contributed by atoms with E-state index >= 15 is 0 Å². The van der Waals surface area contributed by atoms with Gasteiger partial charge in [-0.3, -0.25) is 14.9 Å². The molecule has 0 rings (SSSR count). The summed E-state index contributed by atoms with van der Waals surface area (Å²) in [6, 6.07) is 0. The quantitative estimate of drug-likeness (QED) is 0.208. The zero-order valence-corrected chi connectivity index (χ0v) is 14.9. The van der Waals surface area contributed by atoms with Gasteiger partial charge in [0.05, 0.1) is 17.3 Å². The molecule has 136 valence electrons. The van der Waals surface area contributed by atoms with Crippen molar-refractivity contribution in [1.29, 1.82) is 0 Å². The molecule has 0 aliphatic rings. The van der Waals surface area contributed by atoms with Crippen molar-refractivity contribution in [3.8, 4) is 0 Å². The zero-order valence-electron chi connectivity index (χ0n) is 14.9. The molecule has 0 fully saturated rings. The zero-order chi connectivity index (χ0) is 19.2. The molecule has 8 nitrogen and oxygen atoms in total. The maximum absolute atomic E-state index is 11.3. The summed E-state index contributed by atoms with van der Waals surface area (Å²) in [4.78, 5) is 25.9. The molecule has 0 aliphatic heterocycles. The van der Waals surface area contributed by atoms with Crippen LogP contribution in [0, 0.1) is 10.1 Å². The fourth-order valence-corrected chi connectivity index (χ4v) is 1.51. The van der Waals surface area contributed by atoms with Gasteiger partial charge in [0.25, 0.3) is 5.70 Å². The molecule has 0 radical (unpaired) electrons.